The highest BCUT2D eigenvalue weighted by Gasteiger charge is 2.30. The molecular weight excluding hydrogens is 520 g/mol. The van der Waals surface area contributed by atoms with E-state index in [2.05, 4.69) is 29.6 Å². The fourth-order valence-electron chi connectivity index (χ4n) is 4.54. The van der Waals surface area contributed by atoms with Gasteiger partial charge in [-0.2, -0.15) is 0 Å². The molecule has 2 atom stereocenters. The Morgan fingerprint density at radius 2 is 1.56 bits per heavy atom. The van der Waals surface area contributed by atoms with Crippen LogP contribution in [0.1, 0.15) is 47.1 Å². The minimum Gasteiger partial charge on any atom is -0.464 e. The number of esters is 2. The number of nitrogens with zero attached hydrogens (tertiary/aromatic N) is 1. The molecule has 3 aromatic carbocycles. The van der Waals surface area contributed by atoms with Crippen LogP contribution < -0.4 is 5.32 Å². The van der Waals surface area contributed by atoms with Gasteiger partial charge in [-0.05, 0) is 61.1 Å². The molecule has 3 rings (SSSR count). The SMILES string of the molecule is CCOC(=O)[C@H](Cc1ccc(-c2cccc3ccccc23)cc1)NC(=O)N(CC(C)C)CC(O)C(=O)OC(C)(C)C. The molecule has 220 valence electrons. The van der Waals surface area contributed by atoms with Gasteiger partial charge in [-0.15, -0.1) is 0 Å². The predicted molar refractivity (Wildman–Crippen MR) is 160 cm³/mol. The summed E-state index contributed by atoms with van der Waals surface area (Å²) in [5.74, 6) is -1.32. The number of amides is 2. The van der Waals surface area contributed by atoms with E-state index in [1.54, 1.807) is 27.7 Å². The van der Waals surface area contributed by atoms with Crippen molar-refractivity contribution in [3.05, 3.63) is 72.3 Å². The Bertz CT molecular complexity index is 1320. The summed E-state index contributed by atoms with van der Waals surface area (Å²) in [6, 6.07) is 20.7. The highest BCUT2D eigenvalue weighted by molar-refractivity contribution is 5.96. The first-order valence-electron chi connectivity index (χ1n) is 14.1. The van der Waals surface area contributed by atoms with E-state index in [0.29, 0.717) is 0 Å². The number of carbonyl (C=O) groups is 3. The van der Waals surface area contributed by atoms with Crippen molar-refractivity contribution in [3.63, 3.8) is 0 Å². The second-order valence-corrected chi connectivity index (χ2v) is 11.5. The third-order valence-corrected chi connectivity index (χ3v) is 6.31. The van der Waals surface area contributed by atoms with Crippen LogP contribution >= 0.6 is 0 Å². The van der Waals surface area contributed by atoms with Gasteiger partial charge in [0.2, 0.25) is 0 Å². The minimum absolute atomic E-state index is 0.0502. The minimum atomic E-state index is -1.53. The number of fused-ring (bicyclic) bond motifs is 1. The first-order valence-corrected chi connectivity index (χ1v) is 14.1. The highest BCUT2D eigenvalue weighted by Crippen LogP contribution is 2.29. The molecule has 3 aromatic rings. The zero-order chi connectivity index (χ0) is 30.2. The molecule has 0 saturated carbocycles. The number of aliphatic hydroxyl groups excluding tert-OH is 1. The molecule has 8 nitrogen and oxygen atoms in total. The molecular formula is C33H42N2O6. The number of hydrogen-bond acceptors (Lipinski definition) is 6. The molecule has 0 aromatic heterocycles. The summed E-state index contributed by atoms with van der Waals surface area (Å²) in [7, 11) is 0. The van der Waals surface area contributed by atoms with Crippen LogP contribution in [0.15, 0.2) is 66.7 Å². The summed E-state index contributed by atoms with van der Waals surface area (Å²) >= 11 is 0. The number of benzene rings is 3. The maximum atomic E-state index is 13.3. The Hall–Kier alpha value is -3.91. The molecule has 2 N–H and O–H groups in total. The van der Waals surface area contributed by atoms with Crippen LogP contribution in [-0.2, 0) is 25.5 Å². The molecule has 1 unspecified atom stereocenters. The van der Waals surface area contributed by atoms with Gasteiger partial charge < -0.3 is 24.8 Å². The van der Waals surface area contributed by atoms with Gasteiger partial charge in [0.1, 0.15) is 11.6 Å². The average Bonchev–Trinajstić information content (AvgIpc) is 2.91. The summed E-state index contributed by atoms with van der Waals surface area (Å²) in [6.07, 6.45) is -1.31. The molecule has 2 amide bonds. The number of hydrogen-bond donors (Lipinski definition) is 2. The quantitative estimate of drug-likeness (QED) is 0.305. The highest BCUT2D eigenvalue weighted by atomic mass is 16.6. The molecule has 0 spiro atoms. The average molecular weight is 563 g/mol. The molecule has 0 aliphatic rings. The van der Waals surface area contributed by atoms with Crippen molar-refractivity contribution in [1.82, 2.24) is 10.2 Å². The summed E-state index contributed by atoms with van der Waals surface area (Å²) < 4.78 is 10.5. The van der Waals surface area contributed by atoms with Crippen molar-refractivity contribution >= 4 is 28.7 Å². The summed E-state index contributed by atoms with van der Waals surface area (Å²) in [5.41, 5.74) is 2.22. The standard InChI is InChI=1S/C33H42N2O6/c1-7-40-30(37)28(34-32(39)35(20-22(2)3)21-29(36)31(38)41-33(4,5)6)19-23-15-17-25(18-16-23)27-14-10-12-24-11-8-9-13-26(24)27/h8-18,22,28-29,36H,7,19-21H2,1-6H3,(H,34,39)/t28-,29?/m0/s1. The molecule has 0 radical (unpaired) electrons. The molecule has 0 heterocycles. The smallest absolute Gasteiger partial charge is 0.337 e. The van der Waals surface area contributed by atoms with E-state index in [9.17, 15) is 19.5 Å². The van der Waals surface area contributed by atoms with Crippen LogP contribution in [0.3, 0.4) is 0 Å². The molecule has 0 aliphatic heterocycles. The van der Waals surface area contributed by atoms with Crippen molar-refractivity contribution in [2.24, 2.45) is 5.92 Å². The monoisotopic (exact) mass is 562 g/mol. The maximum Gasteiger partial charge on any atom is 0.337 e. The lowest BCUT2D eigenvalue weighted by Gasteiger charge is -2.29. The Kier molecular flexibility index (Phi) is 10.9. The van der Waals surface area contributed by atoms with E-state index in [1.807, 2.05) is 56.3 Å². The number of ether oxygens (including phenoxy) is 2. The van der Waals surface area contributed by atoms with Crippen LogP contribution in [0.2, 0.25) is 0 Å². The third kappa shape index (κ3) is 9.32. The van der Waals surface area contributed by atoms with Crippen LogP contribution in [0.4, 0.5) is 4.79 Å². The van der Waals surface area contributed by atoms with Crippen LogP contribution in [0.5, 0.6) is 0 Å². The molecule has 0 fully saturated rings. The van der Waals surface area contributed by atoms with Gasteiger partial charge >= 0.3 is 18.0 Å². The first-order chi connectivity index (χ1) is 19.4. The number of rotatable bonds is 11. The van der Waals surface area contributed by atoms with Gasteiger partial charge in [-0.25, -0.2) is 14.4 Å². The molecule has 8 heteroatoms. The van der Waals surface area contributed by atoms with Crippen molar-refractivity contribution in [1.29, 1.82) is 0 Å². The second-order valence-electron chi connectivity index (χ2n) is 11.5. The number of nitrogens with one attached hydrogen (secondary N) is 1. The summed E-state index contributed by atoms with van der Waals surface area (Å²) in [4.78, 5) is 39.9. The van der Waals surface area contributed by atoms with Crippen LogP contribution in [-0.4, -0.2) is 65.4 Å². The van der Waals surface area contributed by atoms with E-state index in [-0.39, 0.29) is 32.0 Å². The van der Waals surface area contributed by atoms with Gasteiger partial charge in [0.15, 0.2) is 6.10 Å². The molecule has 0 saturated heterocycles. The molecule has 41 heavy (non-hydrogen) atoms. The van der Waals surface area contributed by atoms with E-state index < -0.39 is 35.7 Å². The van der Waals surface area contributed by atoms with Crippen molar-refractivity contribution < 1.29 is 29.0 Å². The largest absolute Gasteiger partial charge is 0.464 e. The Labute approximate surface area is 242 Å². The van der Waals surface area contributed by atoms with E-state index in [4.69, 9.17) is 9.47 Å². The maximum absolute atomic E-state index is 13.3. The second kappa shape index (κ2) is 14.1. The van der Waals surface area contributed by atoms with Crippen LogP contribution in [0.25, 0.3) is 21.9 Å². The lowest BCUT2D eigenvalue weighted by Crippen LogP contribution is -2.53. The van der Waals surface area contributed by atoms with Crippen molar-refractivity contribution in [3.8, 4) is 11.1 Å². The summed E-state index contributed by atoms with van der Waals surface area (Å²) in [5, 5.41) is 15.5. The predicted octanol–water partition coefficient (Wildman–Crippen LogP) is 5.35. The van der Waals surface area contributed by atoms with Gasteiger partial charge in [0.05, 0.1) is 13.2 Å². The van der Waals surface area contributed by atoms with Gasteiger partial charge in [-0.1, -0.05) is 80.6 Å². The van der Waals surface area contributed by atoms with Crippen molar-refractivity contribution in [2.75, 3.05) is 19.7 Å². The number of urea groups is 1. The Morgan fingerprint density at radius 3 is 2.20 bits per heavy atom. The van der Waals surface area contributed by atoms with Crippen LogP contribution in [0, 0.1) is 5.92 Å². The Balaban J connectivity index is 1.77. The summed E-state index contributed by atoms with van der Waals surface area (Å²) in [6.45, 7) is 10.8. The lowest BCUT2D eigenvalue weighted by molar-refractivity contribution is -0.165. The molecule has 0 aliphatic carbocycles. The zero-order valence-electron chi connectivity index (χ0n) is 24.8. The van der Waals surface area contributed by atoms with Gasteiger partial charge in [0, 0.05) is 13.0 Å². The van der Waals surface area contributed by atoms with Gasteiger partial charge in [0.25, 0.3) is 0 Å². The molecule has 0 bridgehead atoms. The number of carbonyl (C=O) groups excluding carboxylic acids is 3. The fourth-order valence-corrected chi connectivity index (χ4v) is 4.54. The van der Waals surface area contributed by atoms with E-state index in [0.717, 1.165) is 27.5 Å². The third-order valence-electron chi connectivity index (χ3n) is 6.31. The zero-order valence-corrected chi connectivity index (χ0v) is 24.8. The van der Waals surface area contributed by atoms with E-state index in [1.165, 1.54) is 4.90 Å². The van der Waals surface area contributed by atoms with Gasteiger partial charge in [-0.3, -0.25) is 0 Å². The topological polar surface area (TPSA) is 105 Å². The number of aliphatic hydroxyl groups is 1. The lowest BCUT2D eigenvalue weighted by atomic mass is 9.96. The Morgan fingerprint density at radius 1 is 0.902 bits per heavy atom. The fraction of sp³-hybridized carbons (Fsp3) is 0.424. The normalized spacial score (nSPS) is 13.0. The van der Waals surface area contributed by atoms with E-state index >= 15 is 0 Å². The first kappa shape index (κ1) is 31.6. The van der Waals surface area contributed by atoms with Crippen molar-refractivity contribution in [2.45, 2.75) is 65.7 Å².